The van der Waals surface area contributed by atoms with E-state index in [1.54, 1.807) is 42.5 Å². The zero-order valence-corrected chi connectivity index (χ0v) is 16.6. The molecule has 0 atom stereocenters. The summed E-state index contributed by atoms with van der Waals surface area (Å²) >= 11 is 18.0. The molecule has 0 aliphatic heterocycles. The van der Waals surface area contributed by atoms with Crippen LogP contribution in [-0.4, -0.2) is 15.5 Å². The molecule has 0 fully saturated rings. The monoisotopic (exact) mass is 437 g/mol. The number of aromatic nitrogens is 2. The van der Waals surface area contributed by atoms with Gasteiger partial charge in [-0.1, -0.05) is 59.1 Å². The van der Waals surface area contributed by atoms with E-state index in [1.807, 2.05) is 0 Å². The number of halogens is 3. The third kappa shape index (κ3) is 4.47. The molecular formula is C19H14Cl3N3O3. The third-order valence-electron chi connectivity index (χ3n) is 4.05. The summed E-state index contributed by atoms with van der Waals surface area (Å²) in [5, 5.41) is 3.90. The Morgan fingerprint density at radius 1 is 1.00 bits per heavy atom. The first-order valence-corrected chi connectivity index (χ1v) is 9.28. The number of carbonyl (C=O) groups excluding carboxylic acids is 1. The van der Waals surface area contributed by atoms with Crippen LogP contribution in [-0.2, 0) is 13.1 Å². The minimum absolute atomic E-state index is 0.0576. The van der Waals surface area contributed by atoms with Gasteiger partial charge in [-0.2, -0.15) is 0 Å². The van der Waals surface area contributed by atoms with Crippen LogP contribution in [0.15, 0.2) is 58.3 Å². The van der Waals surface area contributed by atoms with Crippen LogP contribution in [0, 0.1) is 0 Å². The highest BCUT2D eigenvalue weighted by atomic mass is 35.5. The van der Waals surface area contributed by atoms with E-state index in [-0.39, 0.29) is 18.7 Å². The quantitative estimate of drug-likeness (QED) is 0.640. The van der Waals surface area contributed by atoms with Crippen molar-refractivity contribution in [3.63, 3.8) is 0 Å². The Kier molecular flexibility index (Phi) is 6.24. The molecule has 3 rings (SSSR count). The van der Waals surface area contributed by atoms with E-state index in [9.17, 15) is 14.4 Å². The number of benzene rings is 2. The highest BCUT2D eigenvalue weighted by Crippen LogP contribution is 2.20. The second-order valence-corrected chi connectivity index (χ2v) is 7.16. The van der Waals surface area contributed by atoms with Crippen molar-refractivity contribution in [1.29, 1.82) is 0 Å². The molecule has 0 aliphatic rings. The molecule has 0 radical (unpaired) electrons. The number of aromatic amines is 1. The maximum atomic E-state index is 12.7. The van der Waals surface area contributed by atoms with E-state index in [1.165, 1.54) is 0 Å². The third-order valence-corrected chi connectivity index (χ3v) is 5.00. The summed E-state index contributed by atoms with van der Waals surface area (Å²) in [4.78, 5) is 39.6. The van der Waals surface area contributed by atoms with Crippen molar-refractivity contribution in [3.05, 3.63) is 101 Å². The largest absolute Gasteiger partial charge is 0.348 e. The number of hydrogen-bond acceptors (Lipinski definition) is 3. The second kappa shape index (κ2) is 8.65. The number of nitrogens with zero attached hydrogens (tertiary/aromatic N) is 1. The molecule has 9 heteroatoms. The molecule has 0 saturated heterocycles. The Hall–Kier alpha value is -2.54. The summed E-state index contributed by atoms with van der Waals surface area (Å²) in [6.07, 6.45) is 1.09. The molecule has 3 aromatic rings. The van der Waals surface area contributed by atoms with Gasteiger partial charge in [0, 0.05) is 27.8 Å². The van der Waals surface area contributed by atoms with Gasteiger partial charge >= 0.3 is 5.69 Å². The zero-order valence-electron chi connectivity index (χ0n) is 14.3. The molecule has 1 amide bonds. The first-order chi connectivity index (χ1) is 13.4. The Morgan fingerprint density at radius 3 is 2.46 bits per heavy atom. The van der Waals surface area contributed by atoms with Crippen LogP contribution in [0.5, 0.6) is 0 Å². The van der Waals surface area contributed by atoms with E-state index < -0.39 is 17.2 Å². The molecule has 6 nitrogen and oxygen atoms in total. The van der Waals surface area contributed by atoms with Crippen molar-refractivity contribution >= 4 is 40.7 Å². The molecule has 1 heterocycles. The maximum absolute atomic E-state index is 12.7. The SMILES string of the molecule is O=C(NCc1ccc(Cl)cc1Cl)c1c[nH]c(=O)n(Cc2ccccc2Cl)c1=O. The van der Waals surface area contributed by atoms with E-state index >= 15 is 0 Å². The summed E-state index contributed by atoms with van der Waals surface area (Å²) in [5.74, 6) is -0.639. The molecule has 0 bridgehead atoms. The molecule has 0 spiro atoms. The lowest BCUT2D eigenvalue weighted by molar-refractivity contribution is 0.0948. The number of amides is 1. The summed E-state index contributed by atoms with van der Waals surface area (Å²) < 4.78 is 0.922. The summed E-state index contributed by atoms with van der Waals surface area (Å²) in [7, 11) is 0. The van der Waals surface area contributed by atoms with E-state index in [4.69, 9.17) is 34.8 Å². The number of carbonyl (C=O) groups is 1. The molecule has 2 aromatic carbocycles. The Labute approximate surface area is 174 Å². The number of nitrogens with one attached hydrogen (secondary N) is 2. The van der Waals surface area contributed by atoms with Gasteiger partial charge in [0.15, 0.2) is 0 Å². The number of H-pyrrole nitrogens is 1. The Bertz CT molecular complexity index is 1150. The Balaban J connectivity index is 1.84. The molecule has 0 saturated carbocycles. The van der Waals surface area contributed by atoms with Gasteiger partial charge in [-0.05, 0) is 29.3 Å². The lowest BCUT2D eigenvalue weighted by Gasteiger charge is -2.10. The first-order valence-electron chi connectivity index (χ1n) is 8.15. The highest BCUT2D eigenvalue weighted by Gasteiger charge is 2.16. The van der Waals surface area contributed by atoms with E-state index in [2.05, 4.69) is 10.3 Å². The molecule has 144 valence electrons. The highest BCUT2D eigenvalue weighted by molar-refractivity contribution is 6.35. The maximum Gasteiger partial charge on any atom is 0.328 e. The number of rotatable bonds is 5. The lowest BCUT2D eigenvalue weighted by atomic mass is 10.2. The summed E-state index contributed by atoms with van der Waals surface area (Å²) in [5.41, 5.74) is -0.329. The van der Waals surface area contributed by atoms with E-state index in [0.29, 0.717) is 26.2 Å². The topological polar surface area (TPSA) is 84.0 Å². The van der Waals surface area contributed by atoms with Crippen LogP contribution in [0.2, 0.25) is 15.1 Å². The van der Waals surface area contributed by atoms with Gasteiger partial charge in [-0.3, -0.25) is 14.2 Å². The zero-order chi connectivity index (χ0) is 20.3. The summed E-state index contributed by atoms with van der Waals surface area (Å²) in [6.45, 7) is 0.0376. The lowest BCUT2D eigenvalue weighted by Crippen LogP contribution is -2.40. The van der Waals surface area contributed by atoms with E-state index in [0.717, 1.165) is 10.8 Å². The van der Waals surface area contributed by atoms with Gasteiger partial charge in [0.2, 0.25) is 0 Å². The smallest absolute Gasteiger partial charge is 0.328 e. The second-order valence-electron chi connectivity index (χ2n) is 5.91. The molecular weight excluding hydrogens is 425 g/mol. The summed E-state index contributed by atoms with van der Waals surface area (Å²) in [6, 6.07) is 11.7. The van der Waals surface area contributed by atoms with Crippen molar-refractivity contribution in [2.75, 3.05) is 0 Å². The van der Waals surface area contributed by atoms with Crippen molar-refractivity contribution in [2.45, 2.75) is 13.1 Å². The fraction of sp³-hybridized carbons (Fsp3) is 0.105. The van der Waals surface area contributed by atoms with Crippen LogP contribution in [0.1, 0.15) is 21.5 Å². The van der Waals surface area contributed by atoms with Gasteiger partial charge in [0.1, 0.15) is 5.56 Å². The van der Waals surface area contributed by atoms with Gasteiger partial charge in [-0.25, -0.2) is 4.79 Å². The van der Waals surface area contributed by atoms with Crippen molar-refractivity contribution in [3.8, 4) is 0 Å². The molecule has 2 N–H and O–H groups in total. The van der Waals surface area contributed by atoms with Gasteiger partial charge in [0.05, 0.1) is 6.54 Å². The molecule has 0 aliphatic carbocycles. The normalized spacial score (nSPS) is 10.7. The van der Waals surface area contributed by atoms with Gasteiger partial charge in [0.25, 0.3) is 11.5 Å². The van der Waals surface area contributed by atoms with Crippen LogP contribution in [0.25, 0.3) is 0 Å². The average Bonchev–Trinajstić information content (AvgIpc) is 2.65. The van der Waals surface area contributed by atoms with Crippen LogP contribution >= 0.6 is 34.8 Å². The number of hydrogen-bond donors (Lipinski definition) is 2. The minimum Gasteiger partial charge on any atom is -0.348 e. The fourth-order valence-corrected chi connectivity index (χ4v) is 3.22. The van der Waals surface area contributed by atoms with Gasteiger partial charge < -0.3 is 10.3 Å². The van der Waals surface area contributed by atoms with Crippen molar-refractivity contribution < 1.29 is 4.79 Å². The van der Waals surface area contributed by atoms with Crippen LogP contribution in [0.3, 0.4) is 0 Å². The fourth-order valence-electron chi connectivity index (χ4n) is 2.55. The molecule has 0 unspecified atom stereocenters. The predicted molar refractivity (Wildman–Crippen MR) is 110 cm³/mol. The average molecular weight is 439 g/mol. The predicted octanol–water partition coefficient (Wildman–Crippen LogP) is 3.48. The van der Waals surface area contributed by atoms with Crippen molar-refractivity contribution in [2.24, 2.45) is 0 Å². The Morgan fingerprint density at radius 2 is 1.75 bits per heavy atom. The molecule has 28 heavy (non-hydrogen) atoms. The standard InChI is InChI=1S/C19H14Cl3N3O3/c20-13-6-5-11(16(22)7-13)8-23-17(26)14-9-24-19(28)25(18(14)27)10-12-3-1-2-4-15(12)21/h1-7,9H,8,10H2,(H,23,26)(H,24,28). The van der Waals surface area contributed by atoms with Crippen molar-refractivity contribution in [1.82, 2.24) is 14.9 Å². The van der Waals surface area contributed by atoms with Crippen LogP contribution < -0.4 is 16.6 Å². The minimum atomic E-state index is -0.719. The molecule has 1 aromatic heterocycles. The van der Waals surface area contributed by atoms with Gasteiger partial charge in [-0.15, -0.1) is 0 Å². The first kappa shape index (κ1) is 20.2. The van der Waals surface area contributed by atoms with Crippen LogP contribution in [0.4, 0.5) is 0 Å².